The molecular formula is C14H19BrCl2N2O. The third-order valence-electron chi connectivity index (χ3n) is 3.55. The fraction of sp³-hybridized carbons (Fsp3) is 0.500. The molecule has 6 heteroatoms. The third kappa shape index (κ3) is 4.35. The summed E-state index contributed by atoms with van der Waals surface area (Å²) in [7, 11) is 1.97. The Morgan fingerprint density at radius 2 is 2.10 bits per heavy atom. The second-order valence-electron chi connectivity index (χ2n) is 4.92. The lowest BCUT2D eigenvalue weighted by molar-refractivity contribution is 0.0691. The highest BCUT2D eigenvalue weighted by atomic mass is 79.9. The Morgan fingerprint density at radius 1 is 1.45 bits per heavy atom. The molecule has 0 radical (unpaired) electrons. The molecular weight excluding hydrogens is 363 g/mol. The second kappa shape index (κ2) is 8.23. The summed E-state index contributed by atoms with van der Waals surface area (Å²) in [4.78, 5) is 14.3. The highest BCUT2D eigenvalue weighted by molar-refractivity contribution is 9.10. The predicted molar refractivity (Wildman–Crippen MR) is 89.0 cm³/mol. The fourth-order valence-corrected chi connectivity index (χ4v) is 3.02. The van der Waals surface area contributed by atoms with Gasteiger partial charge in [0.05, 0.1) is 10.6 Å². The maximum Gasteiger partial charge on any atom is 0.255 e. The van der Waals surface area contributed by atoms with Crippen LogP contribution in [0, 0.1) is 5.92 Å². The van der Waals surface area contributed by atoms with Crippen LogP contribution in [0.5, 0.6) is 0 Å². The molecule has 1 heterocycles. The van der Waals surface area contributed by atoms with Crippen molar-refractivity contribution in [3.05, 3.63) is 33.3 Å². The van der Waals surface area contributed by atoms with Gasteiger partial charge < -0.3 is 10.2 Å². The number of carbonyl (C=O) groups is 1. The summed E-state index contributed by atoms with van der Waals surface area (Å²) in [6.07, 6.45) is 2.11. The van der Waals surface area contributed by atoms with E-state index in [1.54, 1.807) is 12.1 Å². The monoisotopic (exact) mass is 380 g/mol. The molecule has 0 unspecified atom stereocenters. The van der Waals surface area contributed by atoms with Gasteiger partial charge in [-0.05, 0) is 50.6 Å². The number of hydrogen-bond donors (Lipinski definition) is 1. The van der Waals surface area contributed by atoms with Gasteiger partial charge in [0.25, 0.3) is 5.91 Å². The van der Waals surface area contributed by atoms with Crippen LogP contribution in [0.4, 0.5) is 0 Å². The summed E-state index contributed by atoms with van der Waals surface area (Å²) in [5, 5.41) is 3.72. The van der Waals surface area contributed by atoms with Crippen molar-refractivity contribution in [1.82, 2.24) is 10.2 Å². The van der Waals surface area contributed by atoms with E-state index in [2.05, 4.69) is 21.2 Å². The van der Waals surface area contributed by atoms with E-state index in [4.69, 9.17) is 11.6 Å². The molecule has 0 bridgehead atoms. The number of piperidine rings is 1. The zero-order valence-corrected chi connectivity index (χ0v) is 14.5. The Morgan fingerprint density at radius 3 is 2.70 bits per heavy atom. The van der Waals surface area contributed by atoms with Crippen molar-refractivity contribution in [2.45, 2.75) is 12.8 Å². The highest BCUT2D eigenvalue weighted by Gasteiger charge is 2.24. The lowest BCUT2D eigenvalue weighted by atomic mass is 9.96. The van der Waals surface area contributed by atoms with Gasteiger partial charge in [-0.15, -0.1) is 12.4 Å². The van der Waals surface area contributed by atoms with E-state index < -0.39 is 0 Å². The van der Waals surface area contributed by atoms with Gasteiger partial charge in [-0.1, -0.05) is 27.5 Å². The minimum Gasteiger partial charge on any atom is -0.339 e. The van der Waals surface area contributed by atoms with Crippen LogP contribution in [0.3, 0.4) is 0 Å². The van der Waals surface area contributed by atoms with Gasteiger partial charge in [0.15, 0.2) is 0 Å². The van der Waals surface area contributed by atoms with Gasteiger partial charge in [0.1, 0.15) is 0 Å². The Balaban J connectivity index is 0.00000200. The van der Waals surface area contributed by atoms with E-state index in [0.717, 1.165) is 36.9 Å². The average Bonchev–Trinajstić information content (AvgIpc) is 2.42. The van der Waals surface area contributed by atoms with E-state index in [1.807, 2.05) is 18.0 Å². The molecule has 0 spiro atoms. The lowest BCUT2D eigenvalue weighted by Crippen LogP contribution is -2.40. The second-order valence-corrected chi connectivity index (χ2v) is 6.24. The molecule has 2 rings (SSSR count). The first-order valence-corrected chi connectivity index (χ1v) is 7.68. The Kier molecular flexibility index (Phi) is 7.30. The molecule has 20 heavy (non-hydrogen) atoms. The average molecular weight is 382 g/mol. The molecule has 0 aromatic heterocycles. The molecule has 1 amide bonds. The number of rotatable bonds is 3. The summed E-state index contributed by atoms with van der Waals surface area (Å²) in [5.41, 5.74) is 0.586. The minimum absolute atomic E-state index is 0. The van der Waals surface area contributed by atoms with Crippen LogP contribution >= 0.6 is 39.9 Å². The maximum absolute atomic E-state index is 12.4. The van der Waals surface area contributed by atoms with Crippen molar-refractivity contribution in [2.24, 2.45) is 5.92 Å². The van der Waals surface area contributed by atoms with E-state index in [-0.39, 0.29) is 18.3 Å². The molecule has 1 saturated heterocycles. The molecule has 112 valence electrons. The van der Waals surface area contributed by atoms with Crippen molar-refractivity contribution in [3.63, 3.8) is 0 Å². The Labute approximate surface area is 139 Å². The van der Waals surface area contributed by atoms with Crippen molar-refractivity contribution < 1.29 is 4.79 Å². The van der Waals surface area contributed by atoms with Crippen LogP contribution in [0.2, 0.25) is 5.02 Å². The van der Waals surface area contributed by atoms with Crippen LogP contribution in [0.25, 0.3) is 0 Å². The van der Waals surface area contributed by atoms with Crippen molar-refractivity contribution in [3.8, 4) is 0 Å². The van der Waals surface area contributed by atoms with Gasteiger partial charge in [0, 0.05) is 17.6 Å². The molecule has 1 aliphatic heterocycles. The van der Waals surface area contributed by atoms with E-state index in [1.165, 1.54) is 0 Å². The Bertz CT molecular complexity index is 462. The number of hydrogen-bond acceptors (Lipinski definition) is 2. The number of carbonyl (C=O) groups excluding carboxylic acids is 1. The van der Waals surface area contributed by atoms with Crippen LogP contribution in [-0.2, 0) is 0 Å². The van der Waals surface area contributed by atoms with Gasteiger partial charge in [0.2, 0.25) is 0 Å². The molecule has 0 saturated carbocycles. The normalized spacial score (nSPS) is 15.8. The summed E-state index contributed by atoms with van der Waals surface area (Å²) in [5.74, 6) is 0.709. The third-order valence-corrected chi connectivity index (χ3v) is 4.38. The lowest BCUT2D eigenvalue weighted by Gasteiger charge is -2.32. The molecule has 1 aromatic carbocycles. The van der Waals surface area contributed by atoms with Crippen LogP contribution in [-0.4, -0.2) is 37.5 Å². The molecule has 1 aliphatic rings. The first kappa shape index (κ1) is 17.8. The van der Waals surface area contributed by atoms with Crippen LogP contribution in [0.1, 0.15) is 23.2 Å². The number of nitrogens with one attached hydrogen (secondary N) is 1. The smallest absolute Gasteiger partial charge is 0.255 e. The maximum atomic E-state index is 12.4. The van der Waals surface area contributed by atoms with Crippen LogP contribution < -0.4 is 5.32 Å². The van der Waals surface area contributed by atoms with Crippen molar-refractivity contribution >= 4 is 45.8 Å². The summed E-state index contributed by atoms with van der Waals surface area (Å²) >= 11 is 9.49. The summed E-state index contributed by atoms with van der Waals surface area (Å²) in [6, 6.07) is 5.40. The van der Waals surface area contributed by atoms with E-state index >= 15 is 0 Å². The standard InChI is InChI=1S/C14H18BrClN2O.ClH/c1-17-9-10-4-6-18(7-5-10)14(19)12-8-11(15)2-3-13(12)16;/h2-3,8,10,17H,4-7,9H2,1H3;1H. The number of amides is 1. The SMILES string of the molecule is CNCC1CCN(C(=O)c2cc(Br)ccc2Cl)CC1.Cl. The number of likely N-dealkylation sites (tertiary alicyclic amines) is 1. The largest absolute Gasteiger partial charge is 0.339 e. The van der Waals surface area contributed by atoms with Gasteiger partial charge >= 0.3 is 0 Å². The molecule has 1 aromatic rings. The van der Waals surface area contributed by atoms with Crippen LogP contribution in [0.15, 0.2) is 22.7 Å². The van der Waals surface area contributed by atoms with Gasteiger partial charge in [-0.2, -0.15) is 0 Å². The number of benzene rings is 1. The zero-order chi connectivity index (χ0) is 13.8. The molecule has 1 N–H and O–H groups in total. The first-order valence-electron chi connectivity index (χ1n) is 6.50. The topological polar surface area (TPSA) is 32.3 Å². The number of halogens is 3. The summed E-state index contributed by atoms with van der Waals surface area (Å²) in [6.45, 7) is 2.65. The zero-order valence-electron chi connectivity index (χ0n) is 11.4. The van der Waals surface area contributed by atoms with E-state index in [0.29, 0.717) is 16.5 Å². The van der Waals surface area contributed by atoms with Crippen molar-refractivity contribution in [2.75, 3.05) is 26.7 Å². The predicted octanol–water partition coefficient (Wildman–Crippen LogP) is 3.60. The Hall–Kier alpha value is -0.290. The van der Waals surface area contributed by atoms with E-state index in [9.17, 15) is 4.79 Å². The molecule has 0 aliphatic carbocycles. The van der Waals surface area contributed by atoms with Crippen molar-refractivity contribution in [1.29, 1.82) is 0 Å². The summed E-state index contributed by atoms with van der Waals surface area (Å²) < 4.78 is 0.880. The molecule has 3 nitrogen and oxygen atoms in total. The minimum atomic E-state index is 0. The molecule has 0 atom stereocenters. The fourth-order valence-electron chi connectivity index (χ4n) is 2.46. The first-order chi connectivity index (χ1) is 9.11. The quantitative estimate of drug-likeness (QED) is 0.867. The number of nitrogens with zero attached hydrogens (tertiary/aromatic N) is 1. The highest BCUT2D eigenvalue weighted by Crippen LogP contribution is 2.24. The van der Waals surface area contributed by atoms with Gasteiger partial charge in [-0.3, -0.25) is 4.79 Å². The molecule has 1 fully saturated rings. The van der Waals surface area contributed by atoms with Gasteiger partial charge in [-0.25, -0.2) is 0 Å².